The van der Waals surface area contributed by atoms with Gasteiger partial charge in [-0.3, -0.25) is 19.4 Å². The van der Waals surface area contributed by atoms with E-state index < -0.39 is 0 Å². The number of morpholine rings is 1. The fourth-order valence-electron chi connectivity index (χ4n) is 4.59. The highest BCUT2D eigenvalue weighted by Gasteiger charge is 2.51. The van der Waals surface area contributed by atoms with Crippen LogP contribution >= 0.6 is 0 Å². The van der Waals surface area contributed by atoms with E-state index in [0.717, 1.165) is 56.6 Å². The topological polar surface area (TPSA) is 58.4 Å². The quantitative estimate of drug-likeness (QED) is 0.776. The van der Waals surface area contributed by atoms with Crippen LogP contribution in [0.2, 0.25) is 0 Å². The van der Waals surface area contributed by atoms with Crippen molar-refractivity contribution in [2.75, 3.05) is 45.9 Å². The molecule has 1 atom stereocenters. The van der Waals surface area contributed by atoms with Gasteiger partial charge in [0, 0.05) is 26.2 Å². The number of aryl methyl sites for hydroxylation is 1. The monoisotopic (exact) mass is 375 g/mol. The number of likely N-dealkylation sites (tertiary alicyclic amines) is 1. The molecule has 1 amide bonds. The van der Waals surface area contributed by atoms with Gasteiger partial charge in [0.15, 0.2) is 0 Å². The molecule has 7 heteroatoms. The van der Waals surface area contributed by atoms with E-state index in [4.69, 9.17) is 14.0 Å². The molecule has 0 radical (unpaired) electrons. The van der Waals surface area contributed by atoms with Crippen LogP contribution < -0.4 is 0 Å². The van der Waals surface area contributed by atoms with Gasteiger partial charge in [0.25, 0.3) is 5.91 Å². The second kappa shape index (κ2) is 6.88. The van der Waals surface area contributed by atoms with Crippen LogP contribution in [0.4, 0.5) is 0 Å². The molecule has 5 rings (SSSR count). The summed E-state index contributed by atoms with van der Waals surface area (Å²) in [5, 5.41) is 1.55. The maximum absolute atomic E-state index is 12.9. The highest BCUT2D eigenvalue weighted by atomic mass is 16.7. The molecule has 0 unspecified atom stereocenters. The number of nitrogens with zero attached hydrogens (tertiary/aromatic N) is 3. The van der Waals surface area contributed by atoms with Gasteiger partial charge < -0.3 is 9.15 Å². The van der Waals surface area contributed by atoms with Crippen molar-refractivity contribution in [3.63, 3.8) is 0 Å². The van der Waals surface area contributed by atoms with Crippen LogP contribution in [0.5, 0.6) is 0 Å². The second-order valence-electron chi connectivity index (χ2n) is 8.67. The zero-order valence-electron chi connectivity index (χ0n) is 16.1. The Hall–Kier alpha value is -1.41. The van der Waals surface area contributed by atoms with Gasteiger partial charge in [-0.2, -0.15) is 0 Å². The molecular formula is C20H29N3O4. The van der Waals surface area contributed by atoms with Gasteiger partial charge in [0.05, 0.1) is 26.3 Å². The summed E-state index contributed by atoms with van der Waals surface area (Å²) in [6.07, 6.45) is 3.50. The first-order valence-electron chi connectivity index (χ1n) is 10.2. The molecule has 27 heavy (non-hydrogen) atoms. The lowest BCUT2D eigenvalue weighted by Gasteiger charge is -2.55. The van der Waals surface area contributed by atoms with Gasteiger partial charge in [-0.15, -0.1) is 0 Å². The Morgan fingerprint density at radius 2 is 2.11 bits per heavy atom. The molecule has 0 bridgehead atoms. The molecule has 3 saturated heterocycles. The molecular weight excluding hydrogens is 346 g/mol. The minimum atomic E-state index is -0.198. The Kier molecular flexibility index (Phi) is 4.50. The molecule has 1 saturated carbocycles. The molecule has 1 aliphatic carbocycles. The third-order valence-corrected chi connectivity index (χ3v) is 6.15. The number of hydroxylamine groups is 2. The third kappa shape index (κ3) is 3.66. The maximum Gasteiger partial charge on any atom is 0.265 e. The van der Waals surface area contributed by atoms with E-state index in [0.29, 0.717) is 19.8 Å². The largest absolute Gasteiger partial charge is 0.465 e. The lowest BCUT2D eigenvalue weighted by Crippen LogP contribution is -2.72. The van der Waals surface area contributed by atoms with E-state index in [1.807, 2.05) is 19.1 Å². The van der Waals surface area contributed by atoms with Gasteiger partial charge in [0.1, 0.15) is 23.2 Å². The predicted molar refractivity (Wildman–Crippen MR) is 97.8 cm³/mol. The van der Waals surface area contributed by atoms with Crippen LogP contribution in [0, 0.1) is 12.8 Å². The van der Waals surface area contributed by atoms with Crippen molar-refractivity contribution in [1.82, 2.24) is 14.9 Å². The fraction of sp³-hybridized carbons (Fsp3) is 0.750. The number of amides is 1. The van der Waals surface area contributed by atoms with E-state index in [1.54, 1.807) is 5.06 Å². The van der Waals surface area contributed by atoms with Crippen molar-refractivity contribution in [3.05, 3.63) is 23.7 Å². The zero-order chi connectivity index (χ0) is 18.4. The normalized spacial score (nSPS) is 28.6. The minimum absolute atomic E-state index is 0.0743. The number of carbonyl (C=O) groups is 1. The number of rotatable bonds is 5. The van der Waals surface area contributed by atoms with E-state index in [2.05, 4.69) is 9.80 Å². The summed E-state index contributed by atoms with van der Waals surface area (Å²) in [4.78, 5) is 23.1. The molecule has 4 fully saturated rings. The minimum Gasteiger partial charge on any atom is -0.465 e. The molecule has 4 heterocycles. The first kappa shape index (κ1) is 17.7. The predicted octanol–water partition coefficient (Wildman–Crippen LogP) is 1.42. The zero-order valence-corrected chi connectivity index (χ0v) is 16.1. The molecule has 7 nitrogen and oxygen atoms in total. The van der Waals surface area contributed by atoms with Crippen molar-refractivity contribution in [1.29, 1.82) is 0 Å². The Morgan fingerprint density at radius 3 is 2.78 bits per heavy atom. The molecule has 3 aliphatic heterocycles. The highest BCUT2D eigenvalue weighted by Crippen LogP contribution is 2.36. The molecule has 1 aromatic heterocycles. The van der Waals surface area contributed by atoms with Crippen molar-refractivity contribution in [2.24, 2.45) is 5.92 Å². The first-order valence-corrected chi connectivity index (χ1v) is 10.2. The van der Waals surface area contributed by atoms with E-state index in [-0.39, 0.29) is 17.6 Å². The third-order valence-electron chi connectivity index (χ3n) is 6.15. The standard InChI is InChI=1S/C20H29N3O4/c1-15-3-6-17(27-15)10-21-12-20(13-21)14-22(9-16-4-5-16)18(11-25-20)19(24)23-7-2-8-26-23/h3,6,16,18H,2,4-5,7-14H2,1H3/t18-/m1/s1. The van der Waals surface area contributed by atoms with E-state index in [9.17, 15) is 4.79 Å². The summed E-state index contributed by atoms with van der Waals surface area (Å²) >= 11 is 0. The van der Waals surface area contributed by atoms with Crippen LogP contribution in [-0.4, -0.2) is 78.4 Å². The van der Waals surface area contributed by atoms with Crippen LogP contribution in [-0.2, 0) is 20.9 Å². The summed E-state index contributed by atoms with van der Waals surface area (Å²) < 4.78 is 12.0. The van der Waals surface area contributed by atoms with E-state index >= 15 is 0 Å². The van der Waals surface area contributed by atoms with Gasteiger partial charge in [-0.25, -0.2) is 5.06 Å². The highest BCUT2D eigenvalue weighted by molar-refractivity contribution is 5.81. The number of hydrogen-bond donors (Lipinski definition) is 0. The Bertz CT molecular complexity index is 689. The Labute approximate surface area is 160 Å². The van der Waals surface area contributed by atoms with Gasteiger partial charge in [-0.05, 0) is 44.2 Å². The molecule has 1 aromatic rings. The summed E-state index contributed by atoms with van der Waals surface area (Å²) in [7, 11) is 0. The van der Waals surface area contributed by atoms with E-state index in [1.165, 1.54) is 12.8 Å². The molecule has 0 N–H and O–H groups in total. The van der Waals surface area contributed by atoms with Gasteiger partial charge in [-0.1, -0.05) is 0 Å². The SMILES string of the molecule is Cc1ccc(CN2CC3(C2)CN(CC2CC2)[C@@H](C(=O)N2CCCO2)CO3)o1. The summed E-state index contributed by atoms with van der Waals surface area (Å²) in [5.41, 5.74) is -0.140. The number of hydrogen-bond acceptors (Lipinski definition) is 6. The van der Waals surface area contributed by atoms with Crippen molar-refractivity contribution < 1.29 is 18.8 Å². The summed E-state index contributed by atoms with van der Waals surface area (Å²) in [6.45, 7) is 8.26. The van der Waals surface area contributed by atoms with Crippen LogP contribution in [0.25, 0.3) is 0 Å². The number of furan rings is 1. The average Bonchev–Trinajstić information content (AvgIpc) is 3.10. The Balaban J connectivity index is 1.21. The smallest absolute Gasteiger partial charge is 0.265 e. The first-order chi connectivity index (χ1) is 13.1. The van der Waals surface area contributed by atoms with Crippen LogP contribution in [0.1, 0.15) is 30.8 Å². The van der Waals surface area contributed by atoms with Crippen LogP contribution in [0.3, 0.4) is 0 Å². The lowest BCUT2D eigenvalue weighted by atomic mass is 9.90. The summed E-state index contributed by atoms with van der Waals surface area (Å²) in [5.74, 6) is 2.78. The summed E-state index contributed by atoms with van der Waals surface area (Å²) in [6, 6.07) is 3.86. The molecule has 1 spiro atoms. The van der Waals surface area contributed by atoms with Crippen LogP contribution in [0.15, 0.2) is 16.5 Å². The Morgan fingerprint density at radius 1 is 1.26 bits per heavy atom. The van der Waals surface area contributed by atoms with Gasteiger partial charge >= 0.3 is 0 Å². The average molecular weight is 375 g/mol. The number of carbonyl (C=O) groups excluding carboxylic acids is 1. The molecule has 148 valence electrons. The van der Waals surface area contributed by atoms with Crippen molar-refractivity contribution in [2.45, 2.75) is 44.4 Å². The molecule has 0 aromatic carbocycles. The number of ether oxygens (including phenoxy) is 1. The van der Waals surface area contributed by atoms with Crippen molar-refractivity contribution in [3.8, 4) is 0 Å². The fourth-order valence-corrected chi connectivity index (χ4v) is 4.59. The van der Waals surface area contributed by atoms with Crippen molar-refractivity contribution >= 4 is 5.91 Å². The second-order valence-corrected chi connectivity index (χ2v) is 8.67. The molecule has 4 aliphatic rings. The lowest BCUT2D eigenvalue weighted by molar-refractivity contribution is -0.216. The maximum atomic E-state index is 12.9. The van der Waals surface area contributed by atoms with Gasteiger partial charge in [0.2, 0.25) is 0 Å².